The summed E-state index contributed by atoms with van der Waals surface area (Å²) < 4.78 is 1.63. The molecule has 1 amide bonds. The fourth-order valence-corrected chi connectivity index (χ4v) is 10.1. The minimum absolute atomic E-state index is 0.286. The Bertz CT molecular complexity index is 900. The number of benzene rings is 1. The van der Waals surface area contributed by atoms with E-state index in [9.17, 15) is 4.79 Å². The highest BCUT2D eigenvalue weighted by atomic mass is 79.9. The Morgan fingerprint density at radius 3 is 2.55 bits per heavy atom. The van der Waals surface area contributed by atoms with Crippen molar-refractivity contribution >= 4 is 43.4 Å². The normalized spacial score (nSPS) is 36.8. The summed E-state index contributed by atoms with van der Waals surface area (Å²) in [5.74, 6) is 2.65. The highest BCUT2D eigenvalue weighted by Crippen LogP contribution is 2.65. The average Bonchev–Trinajstić information content (AvgIpc) is 3.10. The van der Waals surface area contributed by atoms with Crippen molar-refractivity contribution in [2.75, 3.05) is 13.1 Å². The summed E-state index contributed by atoms with van der Waals surface area (Å²) in [4.78, 5) is 20.3. The third-order valence-corrected chi connectivity index (χ3v) is 10.3. The molecule has 0 N–H and O–H groups in total. The van der Waals surface area contributed by atoms with Gasteiger partial charge in [-0.2, -0.15) is 0 Å². The topological polar surface area (TPSA) is 33.2 Å². The lowest BCUT2D eigenvalue weighted by Gasteiger charge is -2.60. The number of alkyl halides is 1. The van der Waals surface area contributed by atoms with Gasteiger partial charge < -0.3 is 4.90 Å². The Balaban J connectivity index is 1.11. The summed E-state index contributed by atoms with van der Waals surface area (Å²) in [6.07, 6.45) is 10.8. The molecule has 5 fully saturated rings. The molecule has 2 aromatic rings. The Morgan fingerprint density at radius 2 is 1.86 bits per heavy atom. The van der Waals surface area contributed by atoms with Gasteiger partial charge in [0.15, 0.2) is 0 Å². The molecule has 5 heteroatoms. The Kier molecular flexibility index (Phi) is 4.40. The zero-order valence-corrected chi connectivity index (χ0v) is 19.3. The van der Waals surface area contributed by atoms with Crippen molar-refractivity contribution in [1.29, 1.82) is 0 Å². The molecule has 2 atom stereocenters. The van der Waals surface area contributed by atoms with Crippen LogP contribution in [0.3, 0.4) is 0 Å². The number of para-hydroxylation sites is 1. The van der Waals surface area contributed by atoms with Crippen LogP contribution in [0.5, 0.6) is 0 Å². The number of likely N-dealkylation sites (tertiary alicyclic amines) is 1. The van der Waals surface area contributed by atoms with Crippen molar-refractivity contribution in [3.63, 3.8) is 0 Å². The van der Waals surface area contributed by atoms with Gasteiger partial charge >= 0.3 is 0 Å². The van der Waals surface area contributed by atoms with Gasteiger partial charge in [0.05, 0.1) is 15.2 Å². The number of amides is 1. The van der Waals surface area contributed by atoms with Gasteiger partial charge in [-0.1, -0.05) is 28.1 Å². The first-order valence-electron chi connectivity index (χ1n) is 11.3. The first-order valence-corrected chi connectivity index (χ1v) is 12.9. The van der Waals surface area contributed by atoms with Gasteiger partial charge in [-0.15, -0.1) is 11.3 Å². The van der Waals surface area contributed by atoms with Gasteiger partial charge in [-0.05, 0) is 80.8 Å². The molecule has 154 valence electrons. The lowest BCUT2D eigenvalue weighted by molar-refractivity contribution is -0.139. The summed E-state index contributed by atoms with van der Waals surface area (Å²) in [5, 5.41) is 1.26. The van der Waals surface area contributed by atoms with Crippen molar-refractivity contribution < 1.29 is 4.79 Å². The number of carbonyl (C=O) groups is 1. The quantitative estimate of drug-likeness (QED) is 0.503. The molecule has 3 nitrogen and oxygen atoms in total. The first-order chi connectivity index (χ1) is 14.0. The van der Waals surface area contributed by atoms with Crippen molar-refractivity contribution in [2.45, 2.75) is 68.0 Å². The van der Waals surface area contributed by atoms with Gasteiger partial charge in [0.2, 0.25) is 5.91 Å². The van der Waals surface area contributed by atoms with Crippen LogP contribution in [-0.4, -0.2) is 33.2 Å². The van der Waals surface area contributed by atoms with Crippen LogP contribution < -0.4 is 0 Å². The molecule has 1 aliphatic heterocycles. The van der Waals surface area contributed by atoms with Crippen molar-refractivity contribution in [3.8, 4) is 0 Å². The minimum atomic E-state index is 0.286. The smallest absolute Gasteiger partial charge is 0.223 e. The summed E-state index contributed by atoms with van der Waals surface area (Å²) in [6.45, 7) is 1.81. The number of hydrogen-bond donors (Lipinski definition) is 0. The van der Waals surface area contributed by atoms with Crippen molar-refractivity contribution in [2.24, 2.45) is 17.3 Å². The van der Waals surface area contributed by atoms with Crippen molar-refractivity contribution in [1.82, 2.24) is 9.88 Å². The maximum Gasteiger partial charge on any atom is 0.223 e. The Labute approximate surface area is 185 Å². The number of hydrogen-bond acceptors (Lipinski definition) is 3. The van der Waals surface area contributed by atoms with Crippen LogP contribution in [0, 0.1) is 17.3 Å². The fraction of sp³-hybridized carbons (Fsp3) is 0.667. The molecule has 7 rings (SSSR count). The maximum atomic E-state index is 13.3. The Morgan fingerprint density at radius 1 is 1.14 bits per heavy atom. The van der Waals surface area contributed by atoms with Crippen LogP contribution in [-0.2, 0) is 4.79 Å². The third-order valence-electron chi connectivity index (χ3n) is 8.14. The number of piperidine rings is 1. The molecule has 0 spiro atoms. The summed E-state index contributed by atoms with van der Waals surface area (Å²) in [6, 6.07) is 8.43. The Hall–Kier alpha value is -0.940. The number of rotatable bonds is 3. The molecule has 2 unspecified atom stereocenters. The van der Waals surface area contributed by atoms with E-state index >= 15 is 0 Å². The predicted molar refractivity (Wildman–Crippen MR) is 122 cm³/mol. The van der Waals surface area contributed by atoms with E-state index in [0.717, 1.165) is 49.7 Å². The minimum Gasteiger partial charge on any atom is -0.343 e. The second-order valence-electron chi connectivity index (χ2n) is 10.5. The van der Waals surface area contributed by atoms with E-state index in [0.29, 0.717) is 16.1 Å². The van der Waals surface area contributed by atoms with Crippen LogP contribution in [0.25, 0.3) is 10.2 Å². The van der Waals surface area contributed by atoms with E-state index in [-0.39, 0.29) is 5.41 Å². The van der Waals surface area contributed by atoms with E-state index in [4.69, 9.17) is 4.98 Å². The van der Waals surface area contributed by atoms with Crippen LogP contribution in [0.2, 0.25) is 0 Å². The zero-order chi connectivity index (χ0) is 19.6. The van der Waals surface area contributed by atoms with E-state index in [1.165, 1.54) is 48.2 Å². The van der Waals surface area contributed by atoms with Gasteiger partial charge in [0, 0.05) is 29.8 Å². The lowest BCUT2D eigenvalue weighted by Crippen LogP contribution is -2.54. The molecule has 1 saturated heterocycles. The molecule has 5 aliphatic rings. The maximum absolute atomic E-state index is 13.3. The van der Waals surface area contributed by atoms with Gasteiger partial charge in [0.1, 0.15) is 0 Å². The number of aromatic nitrogens is 1. The van der Waals surface area contributed by atoms with E-state index in [1.54, 1.807) is 0 Å². The molecular weight excluding hydrogens is 444 g/mol. The van der Waals surface area contributed by atoms with Crippen LogP contribution in [0.4, 0.5) is 0 Å². The number of fused-ring (bicyclic) bond motifs is 1. The fourth-order valence-electron chi connectivity index (χ4n) is 7.42. The highest BCUT2D eigenvalue weighted by Gasteiger charge is 2.57. The zero-order valence-electron chi connectivity index (χ0n) is 16.9. The highest BCUT2D eigenvalue weighted by molar-refractivity contribution is 9.10. The number of nitrogens with zero attached hydrogens (tertiary/aromatic N) is 2. The monoisotopic (exact) mass is 472 g/mol. The van der Waals surface area contributed by atoms with Crippen LogP contribution >= 0.6 is 27.3 Å². The predicted octanol–water partition coefficient (Wildman–Crippen LogP) is 6.13. The molecular formula is C24H29BrN2OS. The van der Waals surface area contributed by atoms with Crippen LogP contribution in [0.1, 0.15) is 68.7 Å². The van der Waals surface area contributed by atoms with E-state index in [1.807, 2.05) is 11.3 Å². The van der Waals surface area contributed by atoms with Crippen molar-refractivity contribution in [3.05, 3.63) is 29.3 Å². The second-order valence-corrected chi connectivity index (χ2v) is 13.2. The second kappa shape index (κ2) is 6.78. The lowest BCUT2D eigenvalue weighted by atomic mass is 9.48. The number of carbonyl (C=O) groups excluding carboxylic acids is 1. The van der Waals surface area contributed by atoms with Crippen LogP contribution in [0.15, 0.2) is 24.3 Å². The summed E-state index contributed by atoms with van der Waals surface area (Å²) in [7, 11) is 0. The summed E-state index contributed by atoms with van der Waals surface area (Å²) in [5.41, 5.74) is 1.41. The number of thiazole rings is 1. The standard InChI is InChI=1S/C24H29BrN2OS/c25-24-12-16-9-17(13-24)11-23(10-16,15-24)14-21(28)27-7-5-18(6-8-27)22-26-19-3-1-2-4-20(19)29-22/h1-4,16-18H,5-15H2. The molecule has 0 radical (unpaired) electrons. The molecule has 29 heavy (non-hydrogen) atoms. The molecule has 4 bridgehead atoms. The van der Waals surface area contributed by atoms with E-state index in [2.05, 4.69) is 45.1 Å². The van der Waals surface area contributed by atoms with E-state index < -0.39 is 0 Å². The third kappa shape index (κ3) is 3.37. The largest absolute Gasteiger partial charge is 0.343 e. The van der Waals surface area contributed by atoms with Gasteiger partial charge in [-0.25, -0.2) is 4.98 Å². The molecule has 2 heterocycles. The molecule has 1 aromatic carbocycles. The first kappa shape index (κ1) is 18.8. The molecule has 4 aliphatic carbocycles. The van der Waals surface area contributed by atoms with Gasteiger partial charge in [-0.3, -0.25) is 4.79 Å². The molecule has 1 aromatic heterocycles. The van der Waals surface area contributed by atoms with Gasteiger partial charge in [0.25, 0.3) is 0 Å². The number of halogens is 1. The molecule has 4 saturated carbocycles. The summed E-state index contributed by atoms with van der Waals surface area (Å²) >= 11 is 5.93. The average molecular weight is 473 g/mol. The SMILES string of the molecule is O=C(CC12CC3CC(CC(Br)(C3)C1)C2)N1CCC(c2nc3ccccc3s2)CC1.